The predicted octanol–water partition coefficient (Wildman–Crippen LogP) is 0.196. The van der Waals surface area contributed by atoms with Gasteiger partial charge >= 0.3 is 0 Å². The van der Waals surface area contributed by atoms with Crippen LogP contribution < -0.4 is 10.6 Å². The monoisotopic (exact) mass is 225 g/mol. The summed E-state index contributed by atoms with van der Waals surface area (Å²) in [6, 6.07) is 0.475. The molecule has 4 nitrogen and oxygen atoms in total. The Bertz CT molecular complexity index is 240. The highest BCUT2D eigenvalue weighted by Gasteiger charge is 2.21. The number of hydrogen-bond donors (Lipinski definition) is 2. The molecule has 1 aliphatic carbocycles. The third-order valence-corrected chi connectivity index (χ3v) is 3.80. The summed E-state index contributed by atoms with van der Waals surface area (Å²) >= 11 is 0. The average Bonchev–Trinajstić information content (AvgIpc) is 2.19. The molecule has 1 saturated heterocycles. The molecule has 16 heavy (non-hydrogen) atoms. The van der Waals surface area contributed by atoms with Crippen molar-refractivity contribution in [2.45, 2.75) is 32.2 Å². The topological polar surface area (TPSA) is 44.4 Å². The van der Waals surface area contributed by atoms with E-state index in [9.17, 15) is 4.79 Å². The molecular weight excluding hydrogens is 202 g/mol. The molecule has 1 amide bonds. The van der Waals surface area contributed by atoms with Crippen molar-refractivity contribution in [2.75, 3.05) is 32.7 Å². The van der Waals surface area contributed by atoms with Crippen LogP contribution in [0.4, 0.5) is 0 Å². The maximum absolute atomic E-state index is 11.7. The van der Waals surface area contributed by atoms with Gasteiger partial charge in [0.2, 0.25) is 5.91 Å². The van der Waals surface area contributed by atoms with Crippen molar-refractivity contribution in [1.82, 2.24) is 15.5 Å². The maximum atomic E-state index is 11.7. The number of hydrogen-bond acceptors (Lipinski definition) is 3. The van der Waals surface area contributed by atoms with Gasteiger partial charge in [0.15, 0.2) is 0 Å². The molecule has 0 bridgehead atoms. The van der Waals surface area contributed by atoms with Crippen LogP contribution in [0.2, 0.25) is 0 Å². The smallest absolute Gasteiger partial charge is 0.234 e. The predicted molar refractivity (Wildman–Crippen MR) is 64.3 cm³/mol. The van der Waals surface area contributed by atoms with Gasteiger partial charge in [0.05, 0.1) is 6.54 Å². The number of amides is 1. The van der Waals surface area contributed by atoms with Gasteiger partial charge in [-0.25, -0.2) is 0 Å². The highest BCUT2D eigenvalue weighted by molar-refractivity contribution is 5.78. The molecule has 4 heteroatoms. The lowest BCUT2D eigenvalue weighted by molar-refractivity contribution is -0.123. The molecule has 0 unspecified atom stereocenters. The van der Waals surface area contributed by atoms with Crippen molar-refractivity contribution in [1.29, 1.82) is 0 Å². The van der Waals surface area contributed by atoms with Gasteiger partial charge in [-0.3, -0.25) is 9.69 Å². The first-order valence-electron chi connectivity index (χ1n) is 6.47. The molecule has 0 aromatic heterocycles. The van der Waals surface area contributed by atoms with Crippen molar-refractivity contribution in [3.05, 3.63) is 0 Å². The Hall–Kier alpha value is -0.610. The second-order valence-corrected chi connectivity index (χ2v) is 5.12. The molecule has 2 rings (SSSR count). The number of nitrogens with one attached hydrogen (secondary N) is 2. The zero-order valence-electron chi connectivity index (χ0n) is 10.2. The van der Waals surface area contributed by atoms with E-state index in [1.807, 2.05) is 0 Å². The zero-order valence-corrected chi connectivity index (χ0v) is 10.2. The summed E-state index contributed by atoms with van der Waals surface area (Å²) in [6.07, 6.45) is 3.93. The summed E-state index contributed by atoms with van der Waals surface area (Å²) in [5.74, 6) is 0.949. The van der Waals surface area contributed by atoms with E-state index in [1.165, 1.54) is 19.3 Å². The largest absolute Gasteiger partial charge is 0.355 e. The standard InChI is InChI=1S/C12H23N3O/c1-10-7-13-5-6-15(10)9-12(16)14-8-11-3-2-4-11/h10-11,13H,2-9H2,1H3,(H,14,16)/t10-/m0/s1. The minimum absolute atomic E-state index is 0.195. The minimum atomic E-state index is 0.195. The van der Waals surface area contributed by atoms with Crippen LogP contribution in [0.3, 0.4) is 0 Å². The van der Waals surface area contributed by atoms with E-state index in [0.29, 0.717) is 12.6 Å². The Morgan fingerprint density at radius 2 is 2.31 bits per heavy atom. The fourth-order valence-electron chi connectivity index (χ4n) is 2.31. The first-order valence-corrected chi connectivity index (χ1v) is 6.47. The van der Waals surface area contributed by atoms with E-state index in [4.69, 9.17) is 0 Å². The van der Waals surface area contributed by atoms with Crippen LogP contribution in [0.15, 0.2) is 0 Å². The number of rotatable bonds is 4. The molecular formula is C12H23N3O. The summed E-state index contributed by atoms with van der Waals surface area (Å²) in [6.45, 7) is 6.61. The van der Waals surface area contributed by atoms with Crippen molar-refractivity contribution in [3.8, 4) is 0 Å². The molecule has 2 N–H and O–H groups in total. The van der Waals surface area contributed by atoms with Crippen molar-refractivity contribution in [2.24, 2.45) is 5.92 Å². The summed E-state index contributed by atoms with van der Waals surface area (Å²) in [5, 5.41) is 6.38. The molecule has 0 radical (unpaired) electrons. The highest BCUT2D eigenvalue weighted by Crippen LogP contribution is 2.25. The van der Waals surface area contributed by atoms with Crippen LogP contribution in [0.5, 0.6) is 0 Å². The summed E-state index contributed by atoms with van der Waals surface area (Å²) < 4.78 is 0. The molecule has 1 aliphatic heterocycles. The lowest BCUT2D eigenvalue weighted by atomic mass is 9.85. The Balaban J connectivity index is 1.64. The molecule has 0 aromatic carbocycles. The molecule has 1 heterocycles. The second kappa shape index (κ2) is 5.64. The molecule has 1 saturated carbocycles. The van der Waals surface area contributed by atoms with Crippen LogP contribution in [0.25, 0.3) is 0 Å². The lowest BCUT2D eigenvalue weighted by Crippen LogP contribution is -2.53. The molecule has 0 aromatic rings. The van der Waals surface area contributed by atoms with Gasteiger partial charge in [0.1, 0.15) is 0 Å². The number of carbonyl (C=O) groups is 1. The van der Waals surface area contributed by atoms with E-state index in [1.54, 1.807) is 0 Å². The van der Waals surface area contributed by atoms with E-state index < -0.39 is 0 Å². The molecule has 2 fully saturated rings. The van der Waals surface area contributed by atoms with Crippen molar-refractivity contribution in [3.63, 3.8) is 0 Å². The molecule has 0 spiro atoms. The Morgan fingerprint density at radius 1 is 1.50 bits per heavy atom. The minimum Gasteiger partial charge on any atom is -0.355 e. The van der Waals surface area contributed by atoms with E-state index in [2.05, 4.69) is 22.5 Å². The summed E-state index contributed by atoms with van der Waals surface area (Å²) in [4.78, 5) is 14.0. The number of nitrogens with zero attached hydrogens (tertiary/aromatic N) is 1. The lowest BCUT2D eigenvalue weighted by Gasteiger charge is -2.33. The normalized spacial score (nSPS) is 27.4. The van der Waals surface area contributed by atoms with Crippen LogP contribution >= 0.6 is 0 Å². The van der Waals surface area contributed by atoms with Gasteiger partial charge in [-0.15, -0.1) is 0 Å². The molecule has 92 valence electrons. The SMILES string of the molecule is C[C@H]1CNCCN1CC(=O)NCC1CCC1. The van der Waals surface area contributed by atoms with Crippen molar-refractivity contribution < 1.29 is 4.79 Å². The van der Waals surface area contributed by atoms with Gasteiger partial charge in [0.25, 0.3) is 0 Å². The Labute approximate surface area is 97.8 Å². The maximum Gasteiger partial charge on any atom is 0.234 e. The second-order valence-electron chi connectivity index (χ2n) is 5.12. The first-order chi connectivity index (χ1) is 7.75. The van der Waals surface area contributed by atoms with E-state index in [0.717, 1.165) is 32.1 Å². The average molecular weight is 225 g/mol. The van der Waals surface area contributed by atoms with E-state index >= 15 is 0 Å². The van der Waals surface area contributed by atoms with E-state index in [-0.39, 0.29) is 5.91 Å². The summed E-state index contributed by atoms with van der Waals surface area (Å²) in [5.41, 5.74) is 0. The Morgan fingerprint density at radius 3 is 2.94 bits per heavy atom. The molecule has 1 atom stereocenters. The van der Waals surface area contributed by atoms with Crippen LogP contribution in [0, 0.1) is 5.92 Å². The number of piperazine rings is 1. The number of carbonyl (C=O) groups excluding carboxylic acids is 1. The van der Waals surface area contributed by atoms with Gasteiger partial charge in [-0.1, -0.05) is 6.42 Å². The third-order valence-electron chi connectivity index (χ3n) is 3.80. The fourth-order valence-corrected chi connectivity index (χ4v) is 2.31. The van der Waals surface area contributed by atoms with Crippen LogP contribution in [-0.2, 0) is 4.79 Å². The van der Waals surface area contributed by atoms with Crippen molar-refractivity contribution >= 4 is 5.91 Å². The quantitative estimate of drug-likeness (QED) is 0.718. The van der Waals surface area contributed by atoms with Gasteiger partial charge in [-0.2, -0.15) is 0 Å². The van der Waals surface area contributed by atoms with Crippen LogP contribution in [0.1, 0.15) is 26.2 Å². The summed E-state index contributed by atoms with van der Waals surface area (Å²) in [7, 11) is 0. The van der Waals surface area contributed by atoms with Gasteiger partial charge in [0, 0.05) is 32.2 Å². The van der Waals surface area contributed by atoms with Gasteiger partial charge in [-0.05, 0) is 25.7 Å². The van der Waals surface area contributed by atoms with Crippen LogP contribution in [-0.4, -0.2) is 49.6 Å². The van der Waals surface area contributed by atoms with Gasteiger partial charge < -0.3 is 10.6 Å². The third kappa shape index (κ3) is 3.19. The Kier molecular flexibility index (Phi) is 4.18. The zero-order chi connectivity index (χ0) is 11.4. The fraction of sp³-hybridized carbons (Fsp3) is 0.917. The molecule has 2 aliphatic rings. The highest BCUT2D eigenvalue weighted by atomic mass is 16.2. The first kappa shape index (κ1) is 11.9.